The largest absolute Gasteiger partial charge is 0.114 e. The van der Waals surface area contributed by atoms with Crippen LogP contribution in [0.4, 0.5) is 0 Å². The highest BCUT2D eigenvalue weighted by Gasteiger charge is 2.32. The van der Waals surface area contributed by atoms with Crippen molar-refractivity contribution >= 4 is 17.3 Å². The minimum Gasteiger partial charge on any atom is -0.114 e. The summed E-state index contributed by atoms with van der Waals surface area (Å²) in [4.78, 5) is 1.43. The third-order valence-corrected chi connectivity index (χ3v) is 6.13. The Balaban J connectivity index is 2.11. The number of hydrogen-bond donors (Lipinski definition) is 0. The molecule has 22 heavy (non-hydrogen) atoms. The van der Waals surface area contributed by atoms with Gasteiger partial charge in [0.25, 0.3) is 0 Å². The smallest absolute Gasteiger partial charge is 0.0392 e. The fourth-order valence-electron chi connectivity index (χ4n) is 3.17. The minimum absolute atomic E-state index is 0.246. The summed E-state index contributed by atoms with van der Waals surface area (Å²) >= 11 is 2.07. The first-order chi connectivity index (χ1) is 10.8. The van der Waals surface area contributed by atoms with Gasteiger partial charge in [-0.2, -0.15) is 0 Å². The zero-order valence-corrected chi connectivity index (χ0v) is 14.3. The van der Waals surface area contributed by atoms with Crippen molar-refractivity contribution in [2.45, 2.75) is 49.2 Å². The van der Waals surface area contributed by atoms with E-state index in [1.807, 2.05) is 0 Å². The van der Waals surface area contributed by atoms with E-state index in [9.17, 15) is 0 Å². The Labute approximate surface area is 138 Å². The molecule has 0 saturated heterocycles. The lowest BCUT2D eigenvalue weighted by Crippen LogP contribution is -2.24. The van der Waals surface area contributed by atoms with Crippen molar-refractivity contribution in [3.05, 3.63) is 71.8 Å². The van der Waals surface area contributed by atoms with Crippen LogP contribution in [0, 0.1) is 0 Å². The fourth-order valence-corrected chi connectivity index (χ4v) is 4.61. The van der Waals surface area contributed by atoms with Gasteiger partial charge in [-0.1, -0.05) is 81.3 Å². The first-order valence-electron chi connectivity index (χ1n) is 8.34. The summed E-state index contributed by atoms with van der Waals surface area (Å²) < 4.78 is 0.246. The van der Waals surface area contributed by atoms with Crippen LogP contribution in [0.3, 0.4) is 0 Å². The molecule has 0 bridgehead atoms. The van der Waals surface area contributed by atoms with E-state index in [1.54, 1.807) is 0 Å². The Morgan fingerprint density at radius 1 is 0.909 bits per heavy atom. The molecule has 0 saturated carbocycles. The van der Waals surface area contributed by atoms with Crippen LogP contribution < -0.4 is 0 Å². The quantitative estimate of drug-likeness (QED) is 0.602. The number of rotatable bonds is 5. The van der Waals surface area contributed by atoms with Crippen molar-refractivity contribution < 1.29 is 0 Å². The molecule has 1 heterocycles. The highest BCUT2D eigenvalue weighted by atomic mass is 32.2. The molecule has 2 aromatic carbocycles. The predicted octanol–water partition coefficient (Wildman–Crippen LogP) is 6.56. The van der Waals surface area contributed by atoms with Gasteiger partial charge in [-0.15, -0.1) is 11.8 Å². The lowest BCUT2D eigenvalue weighted by Gasteiger charge is -2.35. The summed E-state index contributed by atoms with van der Waals surface area (Å²) in [5.41, 5.74) is 4.14. The monoisotopic (exact) mass is 308 g/mol. The zero-order valence-electron chi connectivity index (χ0n) is 13.5. The summed E-state index contributed by atoms with van der Waals surface area (Å²) in [5, 5.41) is 0. The first-order valence-corrected chi connectivity index (χ1v) is 9.16. The van der Waals surface area contributed by atoms with Gasteiger partial charge in [0.2, 0.25) is 0 Å². The number of unbranched alkanes of at least 4 members (excludes halogenated alkanes) is 1. The second-order valence-electron chi connectivity index (χ2n) is 6.04. The Kier molecular flexibility index (Phi) is 4.73. The molecule has 1 aliphatic heterocycles. The lowest BCUT2D eigenvalue weighted by atomic mass is 9.89. The van der Waals surface area contributed by atoms with Gasteiger partial charge in [-0.3, -0.25) is 0 Å². The minimum atomic E-state index is 0.246. The van der Waals surface area contributed by atoms with E-state index in [0.717, 1.165) is 0 Å². The predicted molar refractivity (Wildman–Crippen MR) is 98.4 cm³/mol. The van der Waals surface area contributed by atoms with Gasteiger partial charge in [0.1, 0.15) is 0 Å². The molecule has 1 heteroatoms. The first kappa shape index (κ1) is 15.4. The van der Waals surface area contributed by atoms with Crippen LogP contribution in [0.25, 0.3) is 5.57 Å². The van der Waals surface area contributed by atoms with E-state index < -0.39 is 0 Å². The Morgan fingerprint density at radius 2 is 1.64 bits per heavy atom. The second kappa shape index (κ2) is 6.75. The molecule has 0 spiro atoms. The summed E-state index contributed by atoms with van der Waals surface area (Å²) in [6, 6.07) is 19.7. The van der Waals surface area contributed by atoms with Crippen LogP contribution in [0.5, 0.6) is 0 Å². The molecular formula is C21H24S. The number of hydrogen-bond acceptors (Lipinski definition) is 1. The maximum Gasteiger partial charge on any atom is 0.0392 e. The van der Waals surface area contributed by atoms with E-state index in [-0.39, 0.29) is 4.75 Å². The van der Waals surface area contributed by atoms with Crippen molar-refractivity contribution in [3.8, 4) is 0 Å². The van der Waals surface area contributed by atoms with Gasteiger partial charge in [0, 0.05) is 9.64 Å². The highest BCUT2D eigenvalue weighted by Crippen LogP contribution is 2.49. The molecule has 2 aromatic rings. The molecule has 0 N–H and O–H groups in total. The molecule has 1 unspecified atom stereocenters. The standard InChI is InChI=1S/C21H24S/c1-3-5-15-21(4-2)16-19(17-11-7-6-8-12-17)18-13-9-10-14-20(18)22-21/h6-14,16H,3-5,15H2,1-2H3. The SMILES string of the molecule is CCCCC1(CC)C=C(c2ccccc2)c2ccccc2S1. The Bertz CT molecular complexity index is 657. The van der Waals surface area contributed by atoms with E-state index in [2.05, 4.69) is 86.3 Å². The van der Waals surface area contributed by atoms with Crippen molar-refractivity contribution in [2.75, 3.05) is 0 Å². The van der Waals surface area contributed by atoms with Gasteiger partial charge in [-0.25, -0.2) is 0 Å². The van der Waals surface area contributed by atoms with Crippen LogP contribution >= 0.6 is 11.8 Å². The van der Waals surface area contributed by atoms with Crippen molar-refractivity contribution in [1.29, 1.82) is 0 Å². The highest BCUT2D eigenvalue weighted by molar-refractivity contribution is 8.01. The van der Waals surface area contributed by atoms with E-state index in [0.29, 0.717) is 0 Å². The van der Waals surface area contributed by atoms with E-state index in [4.69, 9.17) is 0 Å². The van der Waals surface area contributed by atoms with Gasteiger partial charge in [-0.05, 0) is 35.6 Å². The van der Waals surface area contributed by atoms with Gasteiger partial charge >= 0.3 is 0 Å². The third-order valence-electron chi connectivity index (χ3n) is 4.53. The van der Waals surface area contributed by atoms with Crippen molar-refractivity contribution in [2.24, 2.45) is 0 Å². The van der Waals surface area contributed by atoms with Crippen molar-refractivity contribution in [1.82, 2.24) is 0 Å². The van der Waals surface area contributed by atoms with E-state index in [1.165, 1.54) is 47.3 Å². The molecule has 114 valence electrons. The van der Waals surface area contributed by atoms with Crippen molar-refractivity contribution in [3.63, 3.8) is 0 Å². The number of fused-ring (bicyclic) bond motifs is 1. The topological polar surface area (TPSA) is 0 Å². The van der Waals surface area contributed by atoms with Gasteiger partial charge in [0.05, 0.1) is 0 Å². The van der Waals surface area contributed by atoms with Crippen LogP contribution in [0.1, 0.15) is 50.7 Å². The molecule has 0 nitrogen and oxygen atoms in total. The van der Waals surface area contributed by atoms with E-state index >= 15 is 0 Å². The summed E-state index contributed by atoms with van der Waals surface area (Å²) in [5.74, 6) is 0. The van der Waals surface area contributed by atoms with Crippen LogP contribution in [0.2, 0.25) is 0 Å². The second-order valence-corrected chi connectivity index (χ2v) is 7.50. The molecule has 1 aliphatic rings. The maximum atomic E-state index is 2.55. The molecule has 0 aromatic heterocycles. The summed E-state index contributed by atoms with van der Waals surface area (Å²) in [6.07, 6.45) is 7.54. The molecule has 3 rings (SSSR count). The Hall–Kier alpha value is -1.47. The number of benzene rings is 2. The van der Waals surface area contributed by atoms with Crippen LogP contribution in [0.15, 0.2) is 65.6 Å². The Morgan fingerprint density at radius 3 is 2.36 bits per heavy atom. The van der Waals surface area contributed by atoms with Crippen LogP contribution in [-0.2, 0) is 0 Å². The molecule has 0 radical (unpaired) electrons. The lowest BCUT2D eigenvalue weighted by molar-refractivity contribution is 0.581. The number of thioether (sulfide) groups is 1. The zero-order chi connectivity index (χ0) is 15.4. The molecule has 0 aliphatic carbocycles. The third kappa shape index (κ3) is 3.01. The molecule has 0 amide bonds. The normalized spacial score (nSPS) is 20.4. The average molecular weight is 308 g/mol. The average Bonchev–Trinajstić information content (AvgIpc) is 2.60. The molecular weight excluding hydrogens is 284 g/mol. The molecule has 0 fully saturated rings. The van der Waals surface area contributed by atoms with Gasteiger partial charge in [0.15, 0.2) is 0 Å². The van der Waals surface area contributed by atoms with Crippen LogP contribution in [-0.4, -0.2) is 4.75 Å². The van der Waals surface area contributed by atoms with Gasteiger partial charge < -0.3 is 0 Å². The summed E-state index contributed by atoms with van der Waals surface area (Å²) in [7, 11) is 0. The molecule has 1 atom stereocenters. The summed E-state index contributed by atoms with van der Waals surface area (Å²) in [6.45, 7) is 4.61. The maximum absolute atomic E-state index is 2.55. The fraction of sp³-hybridized carbons (Fsp3) is 0.333.